The van der Waals surface area contributed by atoms with Crippen LogP contribution in [0.15, 0.2) is 4.99 Å². The third-order valence-corrected chi connectivity index (χ3v) is 6.09. The lowest BCUT2D eigenvalue weighted by Gasteiger charge is -2.57. The summed E-state index contributed by atoms with van der Waals surface area (Å²) in [5.41, 5.74) is 0.125. The van der Waals surface area contributed by atoms with Gasteiger partial charge in [0.05, 0.1) is 18.2 Å². The molecule has 1 spiro atoms. The van der Waals surface area contributed by atoms with E-state index in [4.69, 9.17) is 14.5 Å². The van der Waals surface area contributed by atoms with E-state index >= 15 is 0 Å². The molecule has 0 aromatic heterocycles. The molecular weight excluding hydrogens is 290 g/mol. The minimum atomic E-state index is -0.230. The van der Waals surface area contributed by atoms with E-state index in [1.165, 1.54) is 32.1 Å². The number of fused-ring (bicyclic) bond motifs is 2. The van der Waals surface area contributed by atoms with Crippen molar-refractivity contribution in [2.75, 3.05) is 26.8 Å². The molecule has 0 amide bonds. The van der Waals surface area contributed by atoms with Crippen molar-refractivity contribution in [1.82, 2.24) is 10.6 Å². The van der Waals surface area contributed by atoms with Gasteiger partial charge in [0.15, 0.2) is 5.96 Å². The van der Waals surface area contributed by atoms with Gasteiger partial charge >= 0.3 is 0 Å². The van der Waals surface area contributed by atoms with Crippen LogP contribution >= 0.6 is 0 Å². The molecule has 5 nitrogen and oxygen atoms in total. The van der Waals surface area contributed by atoms with Crippen LogP contribution in [-0.2, 0) is 9.47 Å². The van der Waals surface area contributed by atoms with Crippen LogP contribution in [0.25, 0.3) is 0 Å². The van der Waals surface area contributed by atoms with Crippen LogP contribution in [0, 0.1) is 11.3 Å². The smallest absolute Gasteiger partial charge is 0.191 e. The molecule has 3 rings (SSSR count). The Hall–Kier alpha value is -0.810. The second-order valence-electron chi connectivity index (χ2n) is 7.97. The number of guanidine groups is 1. The fraction of sp³-hybridized carbons (Fsp3) is 0.944. The van der Waals surface area contributed by atoms with Gasteiger partial charge in [-0.15, -0.1) is 0 Å². The van der Waals surface area contributed by atoms with E-state index in [-0.39, 0.29) is 5.60 Å². The summed E-state index contributed by atoms with van der Waals surface area (Å²) in [5.74, 6) is 1.59. The van der Waals surface area contributed by atoms with Crippen LogP contribution in [0.3, 0.4) is 0 Å². The first-order valence-electron chi connectivity index (χ1n) is 9.24. The van der Waals surface area contributed by atoms with Crippen molar-refractivity contribution in [3.63, 3.8) is 0 Å². The zero-order chi connectivity index (χ0) is 16.5. The largest absolute Gasteiger partial charge is 0.377 e. The highest BCUT2D eigenvalue weighted by Crippen LogP contribution is 2.60. The number of ether oxygens (including phenoxy) is 2. The standard InChI is InChI=1S/C18H33N3O2/c1-5-19-16(20-12-17(2,3)22-4)21-14-13-8-11-23-15(13)18(14)9-6-7-10-18/h13-15H,5-12H2,1-4H3,(H2,19,20,21). The number of aliphatic imine (C=N–C) groups is 1. The third kappa shape index (κ3) is 3.10. The molecule has 1 aliphatic heterocycles. The van der Waals surface area contributed by atoms with Crippen molar-refractivity contribution < 1.29 is 9.47 Å². The van der Waals surface area contributed by atoms with Gasteiger partial charge in [-0.05, 0) is 40.0 Å². The van der Waals surface area contributed by atoms with Gasteiger partial charge in [-0.25, -0.2) is 0 Å². The molecule has 132 valence electrons. The van der Waals surface area contributed by atoms with Gasteiger partial charge in [-0.2, -0.15) is 0 Å². The molecule has 0 aromatic carbocycles. The van der Waals surface area contributed by atoms with Gasteiger partial charge in [0, 0.05) is 37.6 Å². The Kier molecular flexibility index (Phi) is 4.88. The number of hydrogen-bond donors (Lipinski definition) is 2. The zero-order valence-corrected chi connectivity index (χ0v) is 15.2. The maximum Gasteiger partial charge on any atom is 0.191 e. The Morgan fingerprint density at radius 1 is 1.35 bits per heavy atom. The highest BCUT2D eigenvalue weighted by molar-refractivity contribution is 5.80. The Morgan fingerprint density at radius 3 is 2.74 bits per heavy atom. The molecule has 3 fully saturated rings. The number of nitrogens with zero attached hydrogens (tertiary/aromatic N) is 1. The van der Waals surface area contributed by atoms with E-state index in [0.717, 1.165) is 19.1 Å². The third-order valence-electron chi connectivity index (χ3n) is 6.09. The Bertz CT molecular complexity index is 444. The predicted octanol–water partition coefficient (Wildman–Crippen LogP) is 2.31. The summed E-state index contributed by atoms with van der Waals surface area (Å²) in [7, 11) is 1.75. The lowest BCUT2D eigenvalue weighted by Crippen LogP contribution is -2.69. The quantitative estimate of drug-likeness (QED) is 0.602. The second kappa shape index (κ2) is 6.60. The summed E-state index contributed by atoms with van der Waals surface area (Å²) in [6.45, 7) is 8.73. The SMILES string of the molecule is CCNC(=NCC(C)(C)OC)NC1C2CCOC2C12CCCC2. The molecule has 23 heavy (non-hydrogen) atoms. The fourth-order valence-electron chi connectivity index (χ4n) is 4.71. The molecule has 2 aliphatic carbocycles. The van der Waals surface area contributed by atoms with E-state index < -0.39 is 0 Å². The lowest BCUT2D eigenvalue weighted by molar-refractivity contribution is -0.125. The molecule has 3 unspecified atom stereocenters. The van der Waals surface area contributed by atoms with Gasteiger partial charge in [0.25, 0.3) is 0 Å². The molecule has 0 radical (unpaired) electrons. The molecule has 1 heterocycles. The molecule has 0 bridgehead atoms. The van der Waals surface area contributed by atoms with Gasteiger partial charge in [-0.3, -0.25) is 4.99 Å². The van der Waals surface area contributed by atoms with E-state index in [2.05, 4.69) is 31.4 Å². The van der Waals surface area contributed by atoms with Gasteiger partial charge < -0.3 is 20.1 Å². The maximum atomic E-state index is 6.07. The highest BCUT2D eigenvalue weighted by Gasteiger charge is 2.65. The van der Waals surface area contributed by atoms with Crippen molar-refractivity contribution in [2.45, 2.75) is 70.6 Å². The van der Waals surface area contributed by atoms with Crippen LogP contribution in [0.2, 0.25) is 0 Å². The molecule has 2 saturated carbocycles. The maximum absolute atomic E-state index is 6.07. The van der Waals surface area contributed by atoms with E-state index in [1.807, 2.05) is 0 Å². The number of hydrogen-bond acceptors (Lipinski definition) is 3. The normalized spacial score (nSPS) is 32.7. The van der Waals surface area contributed by atoms with Crippen LogP contribution in [0.1, 0.15) is 52.9 Å². The summed E-state index contributed by atoms with van der Waals surface area (Å²) < 4.78 is 11.6. The average Bonchev–Trinajstić information content (AvgIpc) is 3.18. The van der Waals surface area contributed by atoms with Crippen LogP contribution in [0.5, 0.6) is 0 Å². The van der Waals surface area contributed by atoms with Crippen molar-refractivity contribution in [3.05, 3.63) is 0 Å². The fourth-order valence-corrected chi connectivity index (χ4v) is 4.71. The second-order valence-corrected chi connectivity index (χ2v) is 7.97. The van der Waals surface area contributed by atoms with Gasteiger partial charge in [-0.1, -0.05) is 12.8 Å². The van der Waals surface area contributed by atoms with E-state index in [9.17, 15) is 0 Å². The van der Waals surface area contributed by atoms with Crippen molar-refractivity contribution >= 4 is 5.96 Å². The summed E-state index contributed by atoms with van der Waals surface area (Å²) in [4.78, 5) is 4.78. The topological polar surface area (TPSA) is 54.9 Å². The monoisotopic (exact) mass is 323 g/mol. The average molecular weight is 323 g/mol. The Balaban J connectivity index is 1.70. The van der Waals surface area contributed by atoms with Gasteiger partial charge in [0.1, 0.15) is 0 Å². The molecule has 1 saturated heterocycles. The number of rotatable bonds is 5. The van der Waals surface area contributed by atoms with E-state index in [0.29, 0.717) is 30.0 Å². The van der Waals surface area contributed by atoms with Crippen molar-refractivity contribution in [2.24, 2.45) is 16.3 Å². The number of methoxy groups -OCH3 is 1. The molecule has 0 aromatic rings. The van der Waals surface area contributed by atoms with Crippen LogP contribution in [-0.4, -0.2) is 50.5 Å². The number of nitrogens with one attached hydrogen (secondary N) is 2. The summed E-state index contributed by atoms with van der Waals surface area (Å²) in [6, 6.07) is 0.515. The summed E-state index contributed by atoms with van der Waals surface area (Å²) in [5, 5.41) is 7.17. The molecule has 2 N–H and O–H groups in total. The predicted molar refractivity (Wildman–Crippen MR) is 92.7 cm³/mol. The van der Waals surface area contributed by atoms with E-state index in [1.54, 1.807) is 7.11 Å². The first-order valence-corrected chi connectivity index (χ1v) is 9.24. The minimum absolute atomic E-state index is 0.230. The van der Waals surface area contributed by atoms with Crippen molar-refractivity contribution in [1.29, 1.82) is 0 Å². The molecule has 5 heteroatoms. The first kappa shape index (κ1) is 17.0. The molecule has 3 atom stereocenters. The van der Waals surface area contributed by atoms with Crippen molar-refractivity contribution in [3.8, 4) is 0 Å². The van der Waals surface area contributed by atoms with Crippen LogP contribution in [0.4, 0.5) is 0 Å². The Morgan fingerprint density at radius 2 is 2.09 bits per heavy atom. The summed E-state index contributed by atoms with van der Waals surface area (Å²) in [6.07, 6.45) is 6.96. The highest BCUT2D eigenvalue weighted by atomic mass is 16.5. The lowest BCUT2D eigenvalue weighted by atomic mass is 9.54. The van der Waals surface area contributed by atoms with Gasteiger partial charge in [0.2, 0.25) is 0 Å². The summed E-state index contributed by atoms with van der Waals surface area (Å²) >= 11 is 0. The molecule has 3 aliphatic rings. The van der Waals surface area contributed by atoms with Crippen LogP contribution < -0.4 is 10.6 Å². The Labute approximate surface area is 140 Å². The first-order chi connectivity index (χ1) is 11.0. The molecular formula is C18H33N3O2. The minimum Gasteiger partial charge on any atom is -0.377 e. The zero-order valence-electron chi connectivity index (χ0n) is 15.2.